The minimum absolute atomic E-state index is 0.0651. The molecule has 1 rings (SSSR count). The van der Waals surface area contributed by atoms with Gasteiger partial charge in [0.15, 0.2) is 11.5 Å². The van der Waals surface area contributed by atoms with Crippen molar-refractivity contribution in [3.63, 3.8) is 0 Å². The lowest BCUT2D eigenvalue weighted by Gasteiger charge is -2.12. The maximum Gasteiger partial charge on any atom is 0.240 e. The van der Waals surface area contributed by atoms with E-state index in [1.54, 1.807) is 39.7 Å². The summed E-state index contributed by atoms with van der Waals surface area (Å²) in [4.78, 5) is 11.9. The topological polar surface area (TPSA) is 69.2 Å². The van der Waals surface area contributed by atoms with Crippen LogP contribution in [0.15, 0.2) is 17.2 Å². The zero-order valence-corrected chi connectivity index (χ0v) is 17.2. The third-order valence-electron chi connectivity index (χ3n) is 4.35. The normalized spacial score (nSPS) is 10.8. The van der Waals surface area contributed by atoms with Crippen molar-refractivity contribution in [1.29, 1.82) is 0 Å². The van der Waals surface area contributed by atoms with Gasteiger partial charge in [0, 0.05) is 12.0 Å². The molecule has 1 amide bonds. The molecular weight excluding hydrogens is 344 g/mol. The van der Waals surface area contributed by atoms with E-state index in [2.05, 4.69) is 17.5 Å². The number of hydrogen-bond donors (Lipinski definition) is 1. The zero-order valence-electron chi connectivity index (χ0n) is 17.2. The second-order valence-electron chi connectivity index (χ2n) is 6.48. The molecule has 0 radical (unpaired) electrons. The lowest BCUT2D eigenvalue weighted by molar-refractivity contribution is -0.121. The van der Waals surface area contributed by atoms with Crippen molar-refractivity contribution in [1.82, 2.24) is 5.43 Å². The Balaban J connectivity index is 2.36. The minimum atomic E-state index is -0.0651. The van der Waals surface area contributed by atoms with E-state index in [4.69, 9.17) is 14.2 Å². The Morgan fingerprint density at radius 1 is 0.926 bits per heavy atom. The largest absolute Gasteiger partial charge is 0.493 e. The number of nitrogens with zero attached hydrogens (tertiary/aromatic N) is 1. The molecule has 1 aromatic carbocycles. The molecule has 0 aliphatic rings. The Kier molecular flexibility index (Phi) is 11.7. The molecule has 0 bridgehead atoms. The summed E-state index contributed by atoms with van der Waals surface area (Å²) < 4.78 is 15.9. The van der Waals surface area contributed by atoms with Gasteiger partial charge < -0.3 is 14.2 Å². The average molecular weight is 379 g/mol. The van der Waals surface area contributed by atoms with Crippen LogP contribution in [0, 0.1) is 0 Å². The number of methoxy groups -OCH3 is 3. The molecule has 0 unspecified atom stereocenters. The van der Waals surface area contributed by atoms with Crippen molar-refractivity contribution < 1.29 is 19.0 Å². The number of hydrazone groups is 1. The summed E-state index contributed by atoms with van der Waals surface area (Å²) in [6, 6.07) is 3.55. The van der Waals surface area contributed by atoms with Crippen LogP contribution in [-0.2, 0) is 4.79 Å². The number of unbranched alkanes of at least 4 members (excludes halogenated alkanes) is 7. The molecule has 0 spiro atoms. The van der Waals surface area contributed by atoms with Crippen LogP contribution in [0.4, 0.5) is 0 Å². The van der Waals surface area contributed by atoms with Crippen molar-refractivity contribution in [2.24, 2.45) is 5.10 Å². The summed E-state index contributed by atoms with van der Waals surface area (Å²) in [7, 11) is 4.67. The van der Waals surface area contributed by atoms with Crippen molar-refractivity contribution in [2.75, 3.05) is 21.3 Å². The smallest absolute Gasteiger partial charge is 0.240 e. The second kappa shape index (κ2) is 13.9. The van der Waals surface area contributed by atoms with Crippen molar-refractivity contribution in [3.8, 4) is 17.2 Å². The first-order valence-corrected chi connectivity index (χ1v) is 9.78. The maximum atomic E-state index is 11.9. The molecule has 0 aliphatic carbocycles. The Labute approximate surface area is 163 Å². The first kappa shape index (κ1) is 22.8. The van der Waals surface area contributed by atoms with Crippen LogP contribution in [0.5, 0.6) is 17.2 Å². The van der Waals surface area contributed by atoms with Crippen LogP contribution in [0.2, 0.25) is 0 Å². The average Bonchev–Trinajstić information content (AvgIpc) is 2.69. The van der Waals surface area contributed by atoms with Gasteiger partial charge in [0.1, 0.15) is 0 Å². The van der Waals surface area contributed by atoms with Gasteiger partial charge >= 0.3 is 0 Å². The fourth-order valence-corrected chi connectivity index (χ4v) is 2.83. The summed E-state index contributed by atoms with van der Waals surface area (Å²) >= 11 is 0. The molecule has 1 N–H and O–H groups in total. The highest BCUT2D eigenvalue weighted by atomic mass is 16.5. The molecule has 0 fully saturated rings. The highest BCUT2D eigenvalue weighted by Gasteiger charge is 2.12. The van der Waals surface area contributed by atoms with Gasteiger partial charge in [-0.3, -0.25) is 4.79 Å². The number of nitrogens with one attached hydrogen (secondary N) is 1. The highest BCUT2D eigenvalue weighted by Crippen LogP contribution is 2.37. The Morgan fingerprint density at radius 3 is 2.00 bits per heavy atom. The van der Waals surface area contributed by atoms with Gasteiger partial charge in [-0.15, -0.1) is 0 Å². The van der Waals surface area contributed by atoms with Gasteiger partial charge in [-0.2, -0.15) is 5.10 Å². The molecular formula is C21H34N2O4. The summed E-state index contributed by atoms with van der Waals surface area (Å²) in [6.45, 7) is 2.22. The van der Waals surface area contributed by atoms with Crippen LogP contribution in [0.1, 0.15) is 70.3 Å². The van der Waals surface area contributed by atoms with Crippen LogP contribution in [0.25, 0.3) is 0 Å². The van der Waals surface area contributed by atoms with E-state index in [0.29, 0.717) is 23.7 Å². The number of rotatable bonds is 14. The van der Waals surface area contributed by atoms with Gasteiger partial charge in [-0.05, 0) is 18.6 Å². The molecule has 0 aliphatic heterocycles. The minimum Gasteiger partial charge on any atom is -0.493 e. The van der Waals surface area contributed by atoms with E-state index in [1.165, 1.54) is 38.5 Å². The molecule has 27 heavy (non-hydrogen) atoms. The fraction of sp³-hybridized carbons (Fsp3) is 0.619. The number of carbonyl (C=O) groups is 1. The summed E-state index contributed by atoms with van der Waals surface area (Å²) in [5.74, 6) is 1.55. The van der Waals surface area contributed by atoms with Gasteiger partial charge in [0.05, 0.1) is 27.5 Å². The summed E-state index contributed by atoms with van der Waals surface area (Å²) in [6.07, 6.45) is 11.8. The van der Waals surface area contributed by atoms with Crippen LogP contribution < -0.4 is 19.6 Å². The first-order valence-electron chi connectivity index (χ1n) is 9.78. The van der Waals surface area contributed by atoms with Gasteiger partial charge in [0.25, 0.3) is 0 Å². The SMILES string of the molecule is CCCCCCCCCCC(=O)N/N=C/c1cc(OC)c(OC)c(OC)c1. The van der Waals surface area contributed by atoms with E-state index >= 15 is 0 Å². The van der Waals surface area contributed by atoms with E-state index in [9.17, 15) is 4.79 Å². The fourth-order valence-electron chi connectivity index (χ4n) is 2.83. The van der Waals surface area contributed by atoms with Crippen LogP contribution in [0.3, 0.4) is 0 Å². The third-order valence-corrected chi connectivity index (χ3v) is 4.35. The standard InChI is InChI=1S/C21H34N2O4/c1-5-6-7-8-9-10-11-12-13-20(24)23-22-16-17-14-18(25-2)21(27-4)19(15-17)26-3/h14-16H,5-13H2,1-4H3,(H,23,24)/b22-16+. The molecule has 6 heteroatoms. The quantitative estimate of drug-likeness (QED) is 0.290. The molecule has 0 saturated heterocycles. The van der Waals surface area contributed by atoms with Crippen LogP contribution >= 0.6 is 0 Å². The molecule has 1 aromatic rings. The number of ether oxygens (including phenoxy) is 3. The van der Waals surface area contributed by atoms with E-state index < -0.39 is 0 Å². The molecule has 0 aromatic heterocycles. The second-order valence-corrected chi connectivity index (χ2v) is 6.48. The molecule has 0 atom stereocenters. The number of amides is 1. The Bertz CT molecular complexity index is 563. The summed E-state index contributed by atoms with van der Waals surface area (Å²) in [5, 5.41) is 4.02. The van der Waals surface area contributed by atoms with Gasteiger partial charge in [-0.25, -0.2) is 5.43 Å². The highest BCUT2D eigenvalue weighted by molar-refractivity contribution is 5.84. The van der Waals surface area contributed by atoms with Crippen LogP contribution in [-0.4, -0.2) is 33.5 Å². The first-order chi connectivity index (χ1) is 13.2. The predicted molar refractivity (Wildman–Crippen MR) is 109 cm³/mol. The van der Waals surface area contributed by atoms with Crippen molar-refractivity contribution in [3.05, 3.63) is 17.7 Å². The molecule has 0 saturated carbocycles. The number of carbonyl (C=O) groups excluding carboxylic acids is 1. The third kappa shape index (κ3) is 8.80. The van der Waals surface area contributed by atoms with Crippen molar-refractivity contribution in [2.45, 2.75) is 64.7 Å². The summed E-state index contributed by atoms with van der Waals surface area (Å²) in [5.41, 5.74) is 3.32. The Morgan fingerprint density at radius 2 is 1.48 bits per heavy atom. The van der Waals surface area contributed by atoms with Gasteiger partial charge in [-0.1, -0.05) is 51.9 Å². The lowest BCUT2D eigenvalue weighted by Crippen LogP contribution is -2.16. The molecule has 6 nitrogen and oxygen atoms in total. The number of hydrogen-bond acceptors (Lipinski definition) is 5. The van der Waals surface area contributed by atoms with Gasteiger partial charge in [0.2, 0.25) is 11.7 Å². The van der Waals surface area contributed by atoms with Crippen molar-refractivity contribution >= 4 is 12.1 Å². The number of benzene rings is 1. The van der Waals surface area contributed by atoms with E-state index in [-0.39, 0.29) is 5.91 Å². The molecule has 152 valence electrons. The molecule has 0 heterocycles. The zero-order chi connectivity index (χ0) is 19.9. The monoisotopic (exact) mass is 378 g/mol. The van der Waals surface area contributed by atoms with E-state index in [0.717, 1.165) is 18.4 Å². The maximum absolute atomic E-state index is 11.9. The Hall–Kier alpha value is -2.24. The predicted octanol–water partition coefficient (Wildman–Crippen LogP) is 4.69. The lowest BCUT2D eigenvalue weighted by atomic mass is 10.1. The van der Waals surface area contributed by atoms with E-state index in [1.807, 2.05) is 0 Å².